The molecule has 2 rings (SSSR count). The van der Waals surface area contributed by atoms with Gasteiger partial charge in [0.25, 0.3) is 5.69 Å². The maximum absolute atomic E-state index is 10.6. The summed E-state index contributed by atoms with van der Waals surface area (Å²) in [6, 6.07) is 6.42. The number of hydrogen-bond donors (Lipinski definition) is 1. The summed E-state index contributed by atoms with van der Waals surface area (Å²) in [7, 11) is 0. The Morgan fingerprint density at radius 2 is 2.05 bits per heavy atom. The van der Waals surface area contributed by atoms with Crippen molar-refractivity contribution in [2.75, 3.05) is 5.73 Å². The van der Waals surface area contributed by atoms with Crippen molar-refractivity contribution in [3.05, 3.63) is 52.4 Å². The molecule has 0 aliphatic carbocycles. The number of nitro benzene ring substituents is 1. The van der Waals surface area contributed by atoms with Crippen molar-refractivity contribution in [2.24, 2.45) is 0 Å². The SMILES string of the molecule is C=CC[n+]1c(-c2ccc([N+](=O)[O-])cc2)csc1N.[Br-]. The number of nitro groups is 1. The van der Waals surface area contributed by atoms with Crippen molar-refractivity contribution in [3.63, 3.8) is 0 Å². The Morgan fingerprint density at radius 1 is 1.42 bits per heavy atom. The fourth-order valence-electron chi connectivity index (χ4n) is 1.66. The molecule has 0 aliphatic rings. The topological polar surface area (TPSA) is 73.0 Å². The number of hydrogen-bond acceptors (Lipinski definition) is 4. The number of benzene rings is 1. The number of nitrogens with two attached hydrogens (primary N) is 1. The summed E-state index contributed by atoms with van der Waals surface area (Å²) in [5.41, 5.74) is 7.78. The van der Waals surface area contributed by atoms with Crippen LogP contribution in [0, 0.1) is 10.1 Å². The second kappa shape index (κ2) is 6.44. The average molecular weight is 342 g/mol. The Bertz CT molecular complexity index is 596. The van der Waals surface area contributed by atoms with E-state index in [1.807, 2.05) is 9.95 Å². The van der Waals surface area contributed by atoms with Crippen LogP contribution in [0.5, 0.6) is 0 Å². The van der Waals surface area contributed by atoms with Gasteiger partial charge in [-0.1, -0.05) is 24.0 Å². The predicted octanol–water partition coefficient (Wildman–Crippen LogP) is -0.617. The van der Waals surface area contributed by atoms with Crippen molar-refractivity contribution in [3.8, 4) is 11.3 Å². The average Bonchev–Trinajstić information content (AvgIpc) is 2.72. The van der Waals surface area contributed by atoms with Crippen molar-refractivity contribution in [1.82, 2.24) is 0 Å². The quantitative estimate of drug-likeness (QED) is 0.349. The normalized spacial score (nSPS) is 9.68. The van der Waals surface area contributed by atoms with Gasteiger partial charge in [-0.3, -0.25) is 15.8 Å². The van der Waals surface area contributed by atoms with Crippen LogP contribution in [0.2, 0.25) is 0 Å². The van der Waals surface area contributed by atoms with Gasteiger partial charge < -0.3 is 17.0 Å². The number of thiazole rings is 1. The molecule has 0 amide bonds. The molecular formula is C12H12BrN3O2S. The summed E-state index contributed by atoms with van der Waals surface area (Å²) in [5, 5.41) is 13.2. The standard InChI is InChI=1S/C12H11N3O2S.BrH/c1-2-7-14-11(8-18-12(14)13)9-3-5-10(6-4-9)15(16)17;/h2-6,8,13H,1,7H2;1H. The monoisotopic (exact) mass is 341 g/mol. The molecule has 0 aliphatic heterocycles. The largest absolute Gasteiger partial charge is 1.00 e. The third kappa shape index (κ3) is 3.18. The highest BCUT2D eigenvalue weighted by Gasteiger charge is 2.15. The maximum atomic E-state index is 10.6. The Kier molecular flexibility index (Phi) is 5.20. The molecule has 0 fully saturated rings. The van der Waals surface area contributed by atoms with Gasteiger partial charge in [-0.15, -0.1) is 0 Å². The second-order valence-electron chi connectivity index (χ2n) is 3.66. The Hall–Kier alpha value is -1.73. The molecule has 0 bridgehead atoms. The summed E-state index contributed by atoms with van der Waals surface area (Å²) in [5.74, 6) is 0. The van der Waals surface area contributed by atoms with Crippen LogP contribution in [0.3, 0.4) is 0 Å². The van der Waals surface area contributed by atoms with Crippen molar-refractivity contribution in [1.29, 1.82) is 0 Å². The molecule has 1 heterocycles. The summed E-state index contributed by atoms with van der Waals surface area (Å²) in [4.78, 5) is 10.2. The van der Waals surface area contributed by atoms with Gasteiger partial charge in [0.15, 0.2) is 0 Å². The van der Waals surface area contributed by atoms with Crippen LogP contribution in [0.15, 0.2) is 42.3 Å². The highest BCUT2D eigenvalue weighted by atomic mass is 79.9. The van der Waals surface area contributed by atoms with E-state index in [-0.39, 0.29) is 22.7 Å². The number of non-ortho nitro benzene ring substituents is 1. The number of rotatable bonds is 4. The van der Waals surface area contributed by atoms with Gasteiger partial charge in [-0.2, -0.15) is 0 Å². The van der Waals surface area contributed by atoms with E-state index in [1.165, 1.54) is 23.5 Å². The van der Waals surface area contributed by atoms with E-state index in [4.69, 9.17) is 5.73 Å². The fraction of sp³-hybridized carbons (Fsp3) is 0.0833. The van der Waals surface area contributed by atoms with Crippen LogP contribution in [-0.4, -0.2) is 4.92 Å². The molecule has 5 nitrogen and oxygen atoms in total. The van der Waals surface area contributed by atoms with Gasteiger partial charge in [0, 0.05) is 23.1 Å². The number of anilines is 1. The van der Waals surface area contributed by atoms with Crippen LogP contribution < -0.4 is 27.3 Å². The molecule has 2 N–H and O–H groups in total. The molecule has 0 spiro atoms. The van der Waals surface area contributed by atoms with E-state index in [0.717, 1.165) is 11.3 Å². The minimum absolute atomic E-state index is 0. The van der Waals surface area contributed by atoms with Gasteiger partial charge in [0.05, 0.1) is 4.92 Å². The zero-order valence-corrected chi connectivity index (χ0v) is 12.4. The van der Waals surface area contributed by atoms with Crippen LogP contribution in [0.1, 0.15) is 0 Å². The molecule has 7 heteroatoms. The zero-order valence-electron chi connectivity index (χ0n) is 9.95. The van der Waals surface area contributed by atoms with Gasteiger partial charge in [-0.05, 0) is 12.1 Å². The zero-order chi connectivity index (χ0) is 13.1. The lowest BCUT2D eigenvalue weighted by Gasteiger charge is -2.01. The number of halogens is 1. The third-order valence-electron chi connectivity index (χ3n) is 2.53. The lowest BCUT2D eigenvalue weighted by molar-refractivity contribution is -0.657. The van der Waals surface area contributed by atoms with Crippen LogP contribution >= 0.6 is 11.3 Å². The van der Waals surface area contributed by atoms with Crippen LogP contribution in [-0.2, 0) is 6.54 Å². The first-order chi connectivity index (χ1) is 8.63. The highest BCUT2D eigenvalue weighted by Crippen LogP contribution is 2.23. The van der Waals surface area contributed by atoms with Gasteiger partial charge in [-0.25, -0.2) is 4.57 Å². The van der Waals surface area contributed by atoms with E-state index in [9.17, 15) is 10.1 Å². The third-order valence-corrected chi connectivity index (χ3v) is 3.34. The fourth-order valence-corrected chi connectivity index (χ4v) is 2.45. The first kappa shape index (κ1) is 15.3. The molecule has 2 aromatic rings. The first-order valence-electron chi connectivity index (χ1n) is 5.26. The van der Waals surface area contributed by atoms with Crippen LogP contribution in [0.4, 0.5) is 10.8 Å². The Balaban J connectivity index is 0.00000180. The lowest BCUT2D eigenvalue weighted by atomic mass is 10.1. The first-order valence-corrected chi connectivity index (χ1v) is 6.14. The smallest absolute Gasteiger partial charge is 0.332 e. The van der Waals surface area contributed by atoms with E-state index < -0.39 is 4.92 Å². The second-order valence-corrected chi connectivity index (χ2v) is 4.55. The number of allylic oxidation sites excluding steroid dienone is 1. The minimum Gasteiger partial charge on any atom is -1.00 e. The molecule has 0 atom stereocenters. The number of nitrogens with zero attached hydrogens (tertiary/aromatic N) is 2. The molecule has 0 unspecified atom stereocenters. The molecule has 0 saturated heterocycles. The van der Waals surface area contributed by atoms with Gasteiger partial charge in [0.2, 0.25) is 0 Å². The molecular weight excluding hydrogens is 330 g/mol. The minimum atomic E-state index is -0.413. The van der Waals surface area contributed by atoms with Crippen molar-refractivity contribution < 1.29 is 26.5 Å². The number of nitrogen functional groups attached to an aromatic ring is 1. The summed E-state index contributed by atoms with van der Waals surface area (Å²) in [6.07, 6.45) is 1.76. The van der Waals surface area contributed by atoms with Gasteiger partial charge in [0.1, 0.15) is 12.2 Å². The summed E-state index contributed by atoms with van der Waals surface area (Å²) < 4.78 is 1.92. The van der Waals surface area contributed by atoms with Crippen LogP contribution in [0.25, 0.3) is 11.3 Å². The summed E-state index contributed by atoms with van der Waals surface area (Å²) >= 11 is 1.44. The molecule has 0 saturated carbocycles. The molecule has 0 radical (unpaired) electrons. The lowest BCUT2D eigenvalue weighted by Crippen LogP contribution is -3.00. The van der Waals surface area contributed by atoms with E-state index in [0.29, 0.717) is 11.7 Å². The van der Waals surface area contributed by atoms with E-state index in [2.05, 4.69) is 6.58 Å². The van der Waals surface area contributed by atoms with Gasteiger partial charge >= 0.3 is 5.13 Å². The molecule has 100 valence electrons. The Morgan fingerprint density at radius 3 is 2.58 bits per heavy atom. The van der Waals surface area contributed by atoms with Crippen molar-refractivity contribution in [2.45, 2.75) is 6.54 Å². The van der Waals surface area contributed by atoms with E-state index >= 15 is 0 Å². The molecule has 1 aromatic carbocycles. The van der Waals surface area contributed by atoms with E-state index in [1.54, 1.807) is 18.2 Å². The molecule has 19 heavy (non-hydrogen) atoms. The predicted molar refractivity (Wildman–Crippen MR) is 71.2 cm³/mol. The number of aromatic nitrogens is 1. The molecule has 1 aromatic heterocycles. The summed E-state index contributed by atoms with van der Waals surface area (Å²) in [6.45, 7) is 4.30. The van der Waals surface area contributed by atoms with Crippen molar-refractivity contribution >= 4 is 22.2 Å². The maximum Gasteiger partial charge on any atom is 0.332 e. The Labute approximate surface area is 124 Å². The highest BCUT2D eigenvalue weighted by molar-refractivity contribution is 7.13.